The molecule has 1 saturated heterocycles. The summed E-state index contributed by atoms with van der Waals surface area (Å²) in [6.45, 7) is 2.06. The summed E-state index contributed by atoms with van der Waals surface area (Å²) in [7, 11) is 0. The maximum atomic E-state index is 13.5. The average Bonchev–Trinajstić information content (AvgIpc) is 2.57. The van der Waals surface area contributed by atoms with E-state index in [0.29, 0.717) is 24.1 Å². The first-order valence-corrected chi connectivity index (χ1v) is 7.91. The third-order valence-electron chi connectivity index (χ3n) is 4.14. The van der Waals surface area contributed by atoms with E-state index in [9.17, 15) is 8.78 Å². The van der Waals surface area contributed by atoms with Crippen molar-refractivity contribution in [2.75, 3.05) is 19.7 Å². The van der Waals surface area contributed by atoms with Crippen molar-refractivity contribution >= 4 is 24.0 Å². The number of benzene rings is 1. The molecular formula is C17H18Cl2F2N2O. The van der Waals surface area contributed by atoms with Crippen LogP contribution >= 0.6 is 24.0 Å². The summed E-state index contributed by atoms with van der Waals surface area (Å²) in [5.74, 6) is -0.843. The molecule has 1 aromatic heterocycles. The van der Waals surface area contributed by atoms with Crippen LogP contribution in [0.15, 0.2) is 36.5 Å². The van der Waals surface area contributed by atoms with Crippen molar-refractivity contribution in [2.45, 2.75) is 12.3 Å². The number of nitrogens with zero attached hydrogens (tertiary/aromatic N) is 1. The van der Waals surface area contributed by atoms with Gasteiger partial charge in [0.2, 0.25) is 5.88 Å². The predicted octanol–water partition coefficient (Wildman–Crippen LogP) is 4.21. The van der Waals surface area contributed by atoms with Crippen LogP contribution in [0.1, 0.15) is 17.9 Å². The van der Waals surface area contributed by atoms with Crippen LogP contribution < -0.4 is 10.1 Å². The molecule has 1 aliphatic rings. The molecule has 2 heterocycles. The summed E-state index contributed by atoms with van der Waals surface area (Å²) in [6, 6.07) is 7.54. The second-order valence-corrected chi connectivity index (χ2v) is 6.10. The molecule has 0 spiro atoms. The normalized spacial score (nSPS) is 20.3. The summed E-state index contributed by atoms with van der Waals surface area (Å²) < 4.78 is 32.4. The quantitative estimate of drug-likeness (QED) is 0.870. The first kappa shape index (κ1) is 18.9. The highest BCUT2D eigenvalue weighted by Crippen LogP contribution is 2.30. The molecular weight excluding hydrogens is 357 g/mol. The van der Waals surface area contributed by atoms with E-state index in [1.807, 2.05) is 0 Å². The van der Waals surface area contributed by atoms with Gasteiger partial charge in [0, 0.05) is 30.6 Å². The molecule has 1 aliphatic heterocycles. The fraction of sp³-hybridized carbons (Fsp3) is 0.353. The molecule has 0 amide bonds. The lowest BCUT2D eigenvalue weighted by Crippen LogP contribution is -2.37. The highest BCUT2D eigenvalue weighted by Gasteiger charge is 2.27. The molecule has 0 bridgehead atoms. The number of halogens is 4. The number of rotatable bonds is 4. The molecule has 3 nitrogen and oxygen atoms in total. The van der Waals surface area contributed by atoms with E-state index in [4.69, 9.17) is 16.3 Å². The van der Waals surface area contributed by atoms with Crippen LogP contribution in [-0.2, 0) is 0 Å². The fourth-order valence-corrected chi connectivity index (χ4v) is 3.00. The Labute approximate surface area is 150 Å². The zero-order valence-corrected chi connectivity index (χ0v) is 14.4. The molecule has 2 atom stereocenters. The second-order valence-electron chi connectivity index (χ2n) is 5.66. The monoisotopic (exact) mass is 374 g/mol. The van der Waals surface area contributed by atoms with Crippen molar-refractivity contribution in [3.05, 3.63) is 58.7 Å². The van der Waals surface area contributed by atoms with E-state index in [1.54, 1.807) is 18.2 Å². The van der Waals surface area contributed by atoms with E-state index < -0.39 is 11.6 Å². The molecule has 7 heteroatoms. The topological polar surface area (TPSA) is 34.1 Å². The molecule has 0 saturated carbocycles. The van der Waals surface area contributed by atoms with Crippen LogP contribution in [0, 0.1) is 17.6 Å². The van der Waals surface area contributed by atoms with Gasteiger partial charge in [0.05, 0.1) is 11.6 Å². The zero-order chi connectivity index (χ0) is 16.2. The highest BCUT2D eigenvalue weighted by atomic mass is 35.5. The molecule has 2 aromatic rings. The Kier molecular flexibility index (Phi) is 6.78. The van der Waals surface area contributed by atoms with Gasteiger partial charge in [0.1, 0.15) is 0 Å². The molecule has 1 N–H and O–H groups in total. The van der Waals surface area contributed by atoms with Crippen LogP contribution in [-0.4, -0.2) is 24.7 Å². The van der Waals surface area contributed by atoms with Gasteiger partial charge in [-0.2, -0.15) is 0 Å². The number of hydrogen-bond donors (Lipinski definition) is 1. The van der Waals surface area contributed by atoms with Crippen LogP contribution in [0.3, 0.4) is 0 Å². The smallest absolute Gasteiger partial charge is 0.213 e. The van der Waals surface area contributed by atoms with Crippen LogP contribution in [0.25, 0.3) is 0 Å². The van der Waals surface area contributed by atoms with Crippen molar-refractivity contribution in [1.82, 2.24) is 10.3 Å². The number of pyridine rings is 1. The lowest BCUT2D eigenvalue weighted by Gasteiger charge is -2.32. The molecule has 0 unspecified atom stereocenters. The SMILES string of the molecule is Cl.Fc1ccc([C@H]2CNCC[C@@H]2COc2ccc(Cl)cn2)cc1F. The number of nitrogens with one attached hydrogen (secondary N) is 1. The number of aromatic nitrogens is 1. The average molecular weight is 375 g/mol. The summed E-state index contributed by atoms with van der Waals surface area (Å²) in [4.78, 5) is 4.11. The van der Waals surface area contributed by atoms with E-state index in [0.717, 1.165) is 18.5 Å². The third-order valence-corrected chi connectivity index (χ3v) is 4.37. The lowest BCUT2D eigenvalue weighted by atomic mass is 9.82. The van der Waals surface area contributed by atoms with Crippen molar-refractivity contribution in [1.29, 1.82) is 0 Å². The number of ether oxygens (including phenoxy) is 1. The molecule has 130 valence electrons. The maximum Gasteiger partial charge on any atom is 0.213 e. The Bertz CT molecular complexity index is 670. The van der Waals surface area contributed by atoms with Crippen molar-refractivity contribution in [2.24, 2.45) is 5.92 Å². The summed E-state index contributed by atoms with van der Waals surface area (Å²) in [6.07, 6.45) is 2.43. The molecule has 0 aliphatic carbocycles. The summed E-state index contributed by atoms with van der Waals surface area (Å²) in [5.41, 5.74) is 0.786. The Morgan fingerprint density at radius 3 is 2.75 bits per heavy atom. The molecule has 1 fully saturated rings. The largest absolute Gasteiger partial charge is 0.477 e. The van der Waals surface area contributed by atoms with Gasteiger partial charge in [0.15, 0.2) is 11.6 Å². The van der Waals surface area contributed by atoms with E-state index in [-0.39, 0.29) is 24.2 Å². The van der Waals surface area contributed by atoms with Crippen LogP contribution in [0.4, 0.5) is 8.78 Å². The van der Waals surface area contributed by atoms with Gasteiger partial charge in [-0.1, -0.05) is 17.7 Å². The van der Waals surface area contributed by atoms with E-state index in [1.165, 1.54) is 18.3 Å². The van der Waals surface area contributed by atoms with Gasteiger partial charge in [0.25, 0.3) is 0 Å². The van der Waals surface area contributed by atoms with Gasteiger partial charge in [-0.3, -0.25) is 0 Å². The van der Waals surface area contributed by atoms with Crippen LogP contribution in [0.5, 0.6) is 5.88 Å². The minimum Gasteiger partial charge on any atom is -0.477 e. The van der Waals surface area contributed by atoms with Gasteiger partial charge < -0.3 is 10.1 Å². The van der Waals surface area contributed by atoms with E-state index >= 15 is 0 Å². The third kappa shape index (κ3) is 4.56. The maximum absolute atomic E-state index is 13.5. The molecule has 0 radical (unpaired) electrons. The Morgan fingerprint density at radius 2 is 2.04 bits per heavy atom. The molecule has 1 aromatic carbocycles. The fourth-order valence-electron chi connectivity index (χ4n) is 2.89. The van der Waals surface area contributed by atoms with Gasteiger partial charge >= 0.3 is 0 Å². The van der Waals surface area contributed by atoms with Gasteiger partial charge in [-0.25, -0.2) is 13.8 Å². The van der Waals surface area contributed by atoms with Gasteiger partial charge in [-0.15, -0.1) is 12.4 Å². The van der Waals surface area contributed by atoms with Crippen molar-refractivity contribution < 1.29 is 13.5 Å². The summed E-state index contributed by atoms with van der Waals surface area (Å²) >= 11 is 5.80. The Hall–Kier alpha value is -1.43. The first-order valence-electron chi connectivity index (χ1n) is 7.53. The predicted molar refractivity (Wildman–Crippen MR) is 92.1 cm³/mol. The standard InChI is InChI=1S/C17H17ClF2N2O.ClH/c18-13-2-4-17(22-8-13)23-10-12-5-6-21-9-14(12)11-1-3-15(19)16(20)7-11;/h1-4,7-8,12,14,21H,5-6,9-10H2;1H/t12-,14-;/m1./s1. The van der Waals surface area contributed by atoms with Crippen molar-refractivity contribution in [3.63, 3.8) is 0 Å². The van der Waals surface area contributed by atoms with Gasteiger partial charge in [-0.05, 0) is 36.7 Å². The zero-order valence-electron chi connectivity index (χ0n) is 12.8. The lowest BCUT2D eigenvalue weighted by molar-refractivity contribution is 0.188. The molecule has 3 rings (SSSR count). The Morgan fingerprint density at radius 1 is 1.21 bits per heavy atom. The number of hydrogen-bond acceptors (Lipinski definition) is 3. The van der Waals surface area contributed by atoms with Crippen molar-refractivity contribution in [3.8, 4) is 5.88 Å². The minimum atomic E-state index is -0.823. The van der Waals surface area contributed by atoms with E-state index in [2.05, 4.69) is 10.3 Å². The highest BCUT2D eigenvalue weighted by molar-refractivity contribution is 6.30. The summed E-state index contributed by atoms with van der Waals surface area (Å²) in [5, 5.41) is 3.85. The molecule has 24 heavy (non-hydrogen) atoms. The Balaban J connectivity index is 0.00000208. The van der Waals surface area contributed by atoms with Crippen LogP contribution in [0.2, 0.25) is 5.02 Å². The first-order chi connectivity index (χ1) is 11.1. The number of piperidine rings is 1. The minimum absolute atomic E-state index is 0. The second kappa shape index (κ2) is 8.60.